The SMILES string of the molecule is CCCCCC(=O)N1CCCC1C(c1ccccc1)c1ccccc1. The van der Waals surface area contributed by atoms with Crippen LogP contribution in [-0.2, 0) is 4.79 Å². The molecule has 1 aliphatic heterocycles. The standard InChI is InChI=1S/C23H29NO/c1-2-3-6-17-22(25)24-18-11-16-21(24)23(19-12-7-4-8-13-19)20-14-9-5-10-15-20/h4-5,7-10,12-15,21,23H,2-3,6,11,16-18H2,1H3. The van der Waals surface area contributed by atoms with Crippen molar-refractivity contribution in [3.8, 4) is 0 Å². The molecule has 0 bridgehead atoms. The molecule has 132 valence electrons. The van der Waals surface area contributed by atoms with Crippen LogP contribution in [0, 0.1) is 0 Å². The summed E-state index contributed by atoms with van der Waals surface area (Å²) < 4.78 is 0. The van der Waals surface area contributed by atoms with E-state index in [2.05, 4.69) is 72.5 Å². The molecule has 1 fully saturated rings. The van der Waals surface area contributed by atoms with Gasteiger partial charge in [-0.2, -0.15) is 0 Å². The Hall–Kier alpha value is -2.09. The minimum atomic E-state index is 0.264. The Morgan fingerprint density at radius 2 is 1.60 bits per heavy atom. The Balaban J connectivity index is 1.86. The molecule has 0 radical (unpaired) electrons. The predicted molar refractivity (Wildman–Crippen MR) is 104 cm³/mol. The Bertz CT molecular complexity index is 613. The second kappa shape index (κ2) is 8.84. The lowest BCUT2D eigenvalue weighted by Crippen LogP contribution is -2.39. The molecule has 2 aromatic rings. The van der Waals surface area contributed by atoms with E-state index in [0.717, 1.165) is 38.6 Å². The first-order chi connectivity index (χ1) is 12.3. The number of likely N-dealkylation sites (tertiary alicyclic amines) is 1. The fourth-order valence-corrected chi connectivity index (χ4v) is 4.08. The first kappa shape index (κ1) is 17.7. The van der Waals surface area contributed by atoms with Gasteiger partial charge in [-0.05, 0) is 30.4 Å². The molecule has 25 heavy (non-hydrogen) atoms. The molecule has 1 amide bonds. The van der Waals surface area contributed by atoms with E-state index in [-0.39, 0.29) is 12.0 Å². The van der Waals surface area contributed by atoms with E-state index < -0.39 is 0 Å². The first-order valence-corrected chi connectivity index (χ1v) is 9.70. The average molecular weight is 335 g/mol. The van der Waals surface area contributed by atoms with Crippen molar-refractivity contribution in [2.75, 3.05) is 6.54 Å². The molecule has 0 saturated carbocycles. The zero-order chi connectivity index (χ0) is 17.5. The number of nitrogens with zero attached hydrogens (tertiary/aromatic N) is 1. The Morgan fingerprint density at radius 1 is 1.00 bits per heavy atom. The second-order valence-corrected chi connectivity index (χ2v) is 7.05. The van der Waals surface area contributed by atoms with E-state index in [9.17, 15) is 4.79 Å². The minimum absolute atomic E-state index is 0.264. The van der Waals surface area contributed by atoms with Crippen molar-refractivity contribution in [1.29, 1.82) is 0 Å². The molecule has 1 aliphatic rings. The van der Waals surface area contributed by atoms with Gasteiger partial charge in [-0.25, -0.2) is 0 Å². The van der Waals surface area contributed by atoms with Gasteiger partial charge in [0.1, 0.15) is 0 Å². The van der Waals surface area contributed by atoms with Gasteiger partial charge in [-0.3, -0.25) is 4.79 Å². The van der Waals surface area contributed by atoms with Crippen molar-refractivity contribution in [3.63, 3.8) is 0 Å². The van der Waals surface area contributed by atoms with Crippen molar-refractivity contribution in [2.24, 2.45) is 0 Å². The summed E-state index contributed by atoms with van der Waals surface area (Å²) in [5.74, 6) is 0.604. The largest absolute Gasteiger partial charge is 0.339 e. The summed E-state index contributed by atoms with van der Waals surface area (Å²) >= 11 is 0. The van der Waals surface area contributed by atoms with E-state index in [1.807, 2.05) is 0 Å². The smallest absolute Gasteiger partial charge is 0.222 e. The molecule has 3 rings (SSSR count). The third-order valence-corrected chi connectivity index (χ3v) is 5.32. The van der Waals surface area contributed by atoms with Crippen LogP contribution in [0.4, 0.5) is 0 Å². The molecule has 2 heteroatoms. The van der Waals surface area contributed by atoms with Crippen LogP contribution in [-0.4, -0.2) is 23.4 Å². The molecule has 1 saturated heterocycles. The van der Waals surface area contributed by atoms with Crippen molar-refractivity contribution < 1.29 is 4.79 Å². The molecule has 0 aromatic heterocycles. The monoisotopic (exact) mass is 335 g/mol. The molecule has 0 spiro atoms. The normalized spacial score (nSPS) is 17.2. The molecular weight excluding hydrogens is 306 g/mol. The van der Waals surface area contributed by atoms with Crippen molar-refractivity contribution in [1.82, 2.24) is 4.90 Å². The zero-order valence-corrected chi connectivity index (χ0v) is 15.2. The van der Waals surface area contributed by atoms with Crippen LogP contribution in [0.15, 0.2) is 60.7 Å². The molecule has 0 N–H and O–H groups in total. The lowest BCUT2D eigenvalue weighted by atomic mass is 9.84. The van der Waals surface area contributed by atoms with Crippen LogP contribution < -0.4 is 0 Å². The molecule has 1 atom stereocenters. The highest BCUT2D eigenvalue weighted by atomic mass is 16.2. The fourth-order valence-electron chi connectivity index (χ4n) is 4.08. The summed E-state index contributed by atoms with van der Waals surface area (Å²) in [6.45, 7) is 3.09. The molecule has 1 heterocycles. The van der Waals surface area contributed by atoms with E-state index in [1.165, 1.54) is 11.1 Å². The van der Waals surface area contributed by atoms with Gasteiger partial charge in [0.2, 0.25) is 5.91 Å². The molecule has 2 nitrogen and oxygen atoms in total. The highest BCUT2D eigenvalue weighted by molar-refractivity contribution is 5.77. The van der Waals surface area contributed by atoms with E-state index in [1.54, 1.807) is 0 Å². The molecular formula is C23H29NO. The lowest BCUT2D eigenvalue weighted by molar-refractivity contribution is -0.132. The van der Waals surface area contributed by atoms with Crippen molar-refractivity contribution in [2.45, 2.75) is 57.4 Å². The Kier molecular flexibility index (Phi) is 6.27. The van der Waals surface area contributed by atoms with Crippen LogP contribution in [0.25, 0.3) is 0 Å². The molecule has 2 aromatic carbocycles. The number of hydrogen-bond acceptors (Lipinski definition) is 1. The van der Waals surface area contributed by atoms with E-state index >= 15 is 0 Å². The highest BCUT2D eigenvalue weighted by Crippen LogP contribution is 2.36. The number of amides is 1. The Labute approximate surface area is 151 Å². The quantitative estimate of drug-likeness (QED) is 0.621. The molecule has 1 unspecified atom stereocenters. The predicted octanol–water partition coefficient (Wildman–Crippen LogP) is 5.39. The summed E-state index contributed by atoms with van der Waals surface area (Å²) in [5.41, 5.74) is 2.62. The number of carbonyl (C=O) groups is 1. The van der Waals surface area contributed by atoms with Gasteiger partial charge < -0.3 is 4.90 Å². The van der Waals surface area contributed by atoms with Gasteiger partial charge in [-0.15, -0.1) is 0 Å². The minimum Gasteiger partial charge on any atom is -0.339 e. The summed E-state index contributed by atoms with van der Waals surface area (Å²) in [5, 5.41) is 0. The number of unbranched alkanes of at least 4 members (excludes halogenated alkanes) is 2. The van der Waals surface area contributed by atoms with Gasteiger partial charge in [0.25, 0.3) is 0 Å². The lowest BCUT2D eigenvalue weighted by Gasteiger charge is -2.33. The van der Waals surface area contributed by atoms with Gasteiger partial charge in [-0.1, -0.05) is 80.4 Å². The molecule has 0 aliphatic carbocycles. The number of rotatable bonds is 7. The topological polar surface area (TPSA) is 20.3 Å². The fraction of sp³-hybridized carbons (Fsp3) is 0.435. The third-order valence-electron chi connectivity index (χ3n) is 5.32. The maximum Gasteiger partial charge on any atom is 0.222 e. The summed E-state index contributed by atoms with van der Waals surface area (Å²) in [7, 11) is 0. The van der Waals surface area contributed by atoms with E-state index in [0.29, 0.717) is 12.3 Å². The van der Waals surface area contributed by atoms with Crippen LogP contribution in [0.5, 0.6) is 0 Å². The first-order valence-electron chi connectivity index (χ1n) is 9.70. The zero-order valence-electron chi connectivity index (χ0n) is 15.2. The van der Waals surface area contributed by atoms with Crippen LogP contribution in [0.1, 0.15) is 62.5 Å². The number of benzene rings is 2. The average Bonchev–Trinajstić information content (AvgIpc) is 3.13. The third kappa shape index (κ3) is 4.31. The van der Waals surface area contributed by atoms with E-state index in [4.69, 9.17) is 0 Å². The number of carbonyl (C=O) groups excluding carboxylic acids is 1. The van der Waals surface area contributed by atoms with Gasteiger partial charge in [0.15, 0.2) is 0 Å². The number of hydrogen-bond donors (Lipinski definition) is 0. The summed E-state index contributed by atoms with van der Waals surface area (Å²) in [4.78, 5) is 15.0. The van der Waals surface area contributed by atoms with Crippen molar-refractivity contribution in [3.05, 3.63) is 71.8 Å². The van der Waals surface area contributed by atoms with Crippen LogP contribution in [0.2, 0.25) is 0 Å². The van der Waals surface area contributed by atoms with Gasteiger partial charge in [0.05, 0.1) is 0 Å². The summed E-state index contributed by atoms with van der Waals surface area (Å²) in [6, 6.07) is 21.6. The van der Waals surface area contributed by atoms with Crippen molar-refractivity contribution >= 4 is 5.91 Å². The maximum atomic E-state index is 12.8. The maximum absolute atomic E-state index is 12.8. The van der Waals surface area contributed by atoms with Crippen LogP contribution in [0.3, 0.4) is 0 Å². The highest BCUT2D eigenvalue weighted by Gasteiger charge is 2.35. The van der Waals surface area contributed by atoms with Gasteiger partial charge >= 0.3 is 0 Å². The summed E-state index contributed by atoms with van der Waals surface area (Å²) in [6.07, 6.45) is 6.22. The Morgan fingerprint density at radius 3 is 2.16 bits per heavy atom. The van der Waals surface area contributed by atoms with Gasteiger partial charge in [0, 0.05) is 24.9 Å². The second-order valence-electron chi connectivity index (χ2n) is 7.05. The van der Waals surface area contributed by atoms with Crippen LogP contribution >= 0.6 is 0 Å².